The van der Waals surface area contributed by atoms with E-state index in [0.717, 1.165) is 17.8 Å². The van der Waals surface area contributed by atoms with Crippen molar-refractivity contribution in [3.63, 3.8) is 0 Å². The minimum Gasteiger partial charge on any atom is -0.329 e. The van der Waals surface area contributed by atoms with Gasteiger partial charge in [-0.05, 0) is 42.8 Å². The molecule has 0 fully saturated rings. The summed E-state index contributed by atoms with van der Waals surface area (Å²) in [5.74, 6) is -0.181. The molecule has 0 amide bonds. The number of nitrogens with two attached hydrogens (primary N) is 1. The van der Waals surface area contributed by atoms with Gasteiger partial charge in [-0.15, -0.1) is 0 Å². The first-order chi connectivity index (χ1) is 10.2. The topological polar surface area (TPSA) is 42.2 Å². The van der Waals surface area contributed by atoms with E-state index in [4.69, 9.17) is 5.73 Å². The van der Waals surface area contributed by atoms with Crippen molar-refractivity contribution in [1.29, 1.82) is 0 Å². The molecule has 2 aromatic rings. The molecule has 0 spiro atoms. The minimum atomic E-state index is -0.181. The van der Waals surface area contributed by atoms with Crippen LogP contribution in [0.5, 0.6) is 0 Å². The number of hydrogen-bond donors (Lipinski definition) is 1. The lowest BCUT2D eigenvalue weighted by molar-refractivity contribution is 0.200. The average molecular weight is 287 g/mol. The molecule has 1 atom stereocenters. The van der Waals surface area contributed by atoms with Crippen molar-refractivity contribution >= 4 is 0 Å². The molecule has 1 heterocycles. The van der Waals surface area contributed by atoms with Gasteiger partial charge in [-0.25, -0.2) is 4.39 Å². The molecule has 0 aliphatic rings. The summed E-state index contributed by atoms with van der Waals surface area (Å²) in [5, 5.41) is 0. The lowest BCUT2D eigenvalue weighted by atomic mass is 10.0. The van der Waals surface area contributed by atoms with Crippen LogP contribution in [0.15, 0.2) is 42.6 Å². The van der Waals surface area contributed by atoms with Crippen molar-refractivity contribution < 1.29 is 4.39 Å². The standard InChI is InChI=1S/C17H22FN3/c1-3-21(12-15-6-4-5-9-20-15)17(11-19)14-8-7-13(2)16(18)10-14/h4-10,17H,3,11-12,19H2,1-2H3. The number of aromatic nitrogens is 1. The highest BCUT2D eigenvalue weighted by Crippen LogP contribution is 2.23. The van der Waals surface area contributed by atoms with Crippen LogP contribution in [0.3, 0.4) is 0 Å². The smallest absolute Gasteiger partial charge is 0.126 e. The summed E-state index contributed by atoms with van der Waals surface area (Å²) in [5.41, 5.74) is 8.50. The number of pyridine rings is 1. The highest BCUT2D eigenvalue weighted by molar-refractivity contribution is 5.26. The Hall–Kier alpha value is -1.78. The summed E-state index contributed by atoms with van der Waals surface area (Å²) in [4.78, 5) is 6.57. The van der Waals surface area contributed by atoms with E-state index in [1.54, 1.807) is 19.2 Å². The Kier molecular flexibility index (Phi) is 5.42. The molecule has 1 unspecified atom stereocenters. The third kappa shape index (κ3) is 3.86. The fourth-order valence-electron chi connectivity index (χ4n) is 2.45. The molecule has 4 heteroatoms. The first-order valence-electron chi connectivity index (χ1n) is 7.25. The van der Waals surface area contributed by atoms with Gasteiger partial charge in [0.25, 0.3) is 0 Å². The molecule has 2 rings (SSSR count). The third-order valence-corrected chi connectivity index (χ3v) is 3.74. The molecule has 0 aliphatic heterocycles. The molecule has 2 N–H and O–H groups in total. The largest absolute Gasteiger partial charge is 0.329 e. The lowest BCUT2D eigenvalue weighted by Gasteiger charge is -2.30. The maximum absolute atomic E-state index is 13.8. The molecular weight excluding hydrogens is 265 g/mol. The van der Waals surface area contributed by atoms with Crippen LogP contribution in [0.1, 0.15) is 29.8 Å². The van der Waals surface area contributed by atoms with Crippen LogP contribution in [0.25, 0.3) is 0 Å². The van der Waals surface area contributed by atoms with Gasteiger partial charge in [0.1, 0.15) is 5.82 Å². The van der Waals surface area contributed by atoms with E-state index in [9.17, 15) is 4.39 Å². The maximum Gasteiger partial charge on any atom is 0.126 e. The molecule has 0 saturated heterocycles. The predicted molar refractivity (Wildman–Crippen MR) is 83.3 cm³/mol. The Morgan fingerprint density at radius 2 is 2.10 bits per heavy atom. The van der Waals surface area contributed by atoms with Crippen molar-refractivity contribution in [2.24, 2.45) is 5.73 Å². The summed E-state index contributed by atoms with van der Waals surface area (Å²) in [6, 6.07) is 11.2. The van der Waals surface area contributed by atoms with E-state index in [1.807, 2.05) is 30.3 Å². The van der Waals surface area contributed by atoms with Crippen LogP contribution in [0.4, 0.5) is 4.39 Å². The zero-order valence-electron chi connectivity index (χ0n) is 12.6. The SMILES string of the molecule is CCN(Cc1ccccn1)C(CN)c1ccc(C)c(F)c1. The van der Waals surface area contributed by atoms with E-state index in [2.05, 4.69) is 16.8 Å². The van der Waals surface area contributed by atoms with Crippen molar-refractivity contribution in [3.05, 3.63) is 65.2 Å². The zero-order chi connectivity index (χ0) is 15.2. The molecule has 0 saturated carbocycles. The van der Waals surface area contributed by atoms with Crippen molar-refractivity contribution in [3.8, 4) is 0 Å². The monoisotopic (exact) mass is 287 g/mol. The van der Waals surface area contributed by atoms with Crippen molar-refractivity contribution in [2.75, 3.05) is 13.1 Å². The van der Waals surface area contributed by atoms with Gasteiger partial charge < -0.3 is 5.73 Å². The predicted octanol–water partition coefficient (Wildman–Crippen LogP) is 3.05. The molecule has 1 aromatic heterocycles. The summed E-state index contributed by atoms with van der Waals surface area (Å²) in [6.07, 6.45) is 1.78. The van der Waals surface area contributed by atoms with Crippen LogP contribution in [-0.4, -0.2) is 23.0 Å². The van der Waals surface area contributed by atoms with Crippen LogP contribution in [0, 0.1) is 12.7 Å². The van der Waals surface area contributed by atoms with Crippen LogP contribution >= 0.6 is 0 Å². The fourth-order valence-corrected chi connectivity index (χ4v) is 2.45. The number of halogens is 1. The van der Waals surface area contributed by atoms with E-state index in [-0.39, 0.29) is 11.9 Å². The average Bonchev–Trinajstić information content (AvgIpc) is 2.51. The second-order valence-electron chi connectivity index (χ2n) is 5.14. The molecule has 3 nitrogen and oxygen atoms in total. The molecule has 0 aliphatic carbocycles. The number of rotatable bonds is 6. The zero-order valence-corrected chi connectivity index (χ0v) is 12.6. The highest BCUT2D eigenvalue weighted by Gasteiger charge is 2.19. The maximum atomic E-state index is 13.8. The summed E-state index contributed by atoms with van der Waals surface area (Å²) in [6.45, 7) is 5.82. The number of nitrogens with zero attached hydrogens (tertiary/aromatic N) is 2. The quantitative estimate of drug-likeness (QED) is 0.888. The first kappa shape index (κ1) is 15.6. The first-order valence-corrected chi connectivity index (χ1v) is 7.25. The molecule has 112 valence electrons. The molecule has 0 radical (unpaired) electrons. The van der Waals surface area contributed by atoms with Gasteiger partial charge in [0, 0.05) is 25.3 Å². The fraction of sp³-hybridized carbons (Fsp3) is 0.353. The van der Waals surface area contributed by atoms with E-state index >= 15 is 0 Å². The second kappa shape index (κ2) is 7.29. The lowest BCUT2D eigenvalue weighted by Crippen LogP contribution is -2.33. The van der Waals surface area contributed by atoms with Gasteiger partial charge in [-0.3, -0.25) is 9.88 Å². The van der Waals surface area contributed by atoms with Crippen molar-refractivity contribution in [2.45, 2.75) is 26.4 Å². The van der Waals surface area contributed by atoms with Gasteiger partial charge in [-0.2, -0.15) is 0 Å². The Bertz CT molecular complexity index is 572. The Labute approximate surface area is 125 Å². The van der Waals surface area contributed by atoms with Gasteiger partial charge in [0.05, 0.1) is 5.69 Å². The number of benzene rings is 1. The van der Waals surface area contributed by atoms with Crippen LogP contribution in [-0.2, 0) is 6.54 Å². The van der Waals surface area contributed by atoms with E-state index in [1.165, 1.54) is 0 Å². The molecule has 21 heavy (non-hydrogen) atoms. The molecule has 0 bridgehead atoms. The summed E-state index contributed by atoms with van der Waals surface area (Å²) < 4.78 is 13.8. The number of aryl methyl sites for hydroxylation is 1. The summed E-state index contributed by atoms with van der Waals surface area (Å²) in [7, 11) is 0. The van der Waals surface area contributed by atoms with E-state index in [0.29, 0.717) is 18.7 Å². The van der Waals surface area contributed by atoms with Crippen LogP contribution in [0.2, 0.25) is 0 Å². The van der Waals surface area contributed by atoms with Gasteiger partial charge in [0.15, 0.2) is 0 Å². The normalized spacial score (nSPS) is 12.6. The Morgan fingerprint density at radius 1 is 1.29 bits per heavy atom. The molecular formula is C17H22FN3. The Morgan fingerprint density at radius 3 is 2.67 bits per heavy atom. The van der Waals surface area contributed by atoms with Gasteiger partial charge >= 0.3 is 0 Å². The third-order valence-electron chi connectivity index (χ3n) is 3.74. The summed E-state index contributed by atoms with van der Waals surface area (Å²) >= 11 is 0. The number of likely N-dealkylation sites (N-methyl/N-ethyl adjacent to an activating group) is 1. The second-order valence-corrected chi connectivity index (χ2v) is 5.14. The van der Waals surface area contributed by atoms with Crippen molar-refractivity contribution in [1.82, 2.24) is 9.88 Å². The van der Waals surface area contributed by atoms with Crippen LogP contribution < -0.4 is 5.73 Å². The van der Waals surface area contributed by atoms with Gasteiger partial charge in [0.2, 0.25) is 0 Å². The van der Waals surface area contributed by atoms with Gasteiger partial charge in [-0.1, -0.05) is 25.1 Å². The number of hydrogen-bond acceptors (Lipinski definition) is 3. The Balaban J connectivity index is 2.22. The highest BCUT2D eigenvalue weighted by atomic mass is 19.1. The minimum absolute atomic E-state index is 0.00731. The van der Waals surface area contributed by atoms with E-state index < -0.39 is 0 Å². The molecule has 1 aromatic carbocycles.